The van der Waals surface area contributed by atoms with Gasteiger partial charge in [-0.05, 0) is 12.0 Å². The Labute approximate surface area is 121 Å². The second-order valence-electron chi connectivity index (χ2n) is 4.85. The van der Waals surface area contributed by atoms with Gasteiger partial charge in [-0.1, -0.05) is 43.7 Å². The van der Waals surface area contributed by atoms with Gasteiger partial charge in [-0.3, -0.25) is 4.79 Å². The summed E-state index contributed by atoms with van der Waals surface area (Å²) in [7, 11) is 1.69. The number of carbonyl (C=O) groups excluding carboxylic acids is 1. The van der Waals surface area contributed by atoms with Crippen LogP contribution in [0.15, 0.2) is 30.3 Å². The van der Waals surface area contributed by atoms with Crippen molar-refractivity contribution in [2.45, 2.75) is 38.8 Å². The number of hydrogen-bond donors (Lipinski definition) is 1. The summed E-state index contributed by atoms with van der Waals surface area (Å²) in [5, 5.41) is 3.42. The second kappa shape index (κ2) is 9.50. The minimum absolute atomic E-state index is 0.0828. The van der Waals surface area contributed by atoms with Crippen molar-refractivity contribution in [2.75, 3.05) is 20.3 Å². The molecule has 0 aliphatic rings. The zero-order valence-corrected chi connectivity index (χ0v) is 12.6. The number of carbonyl (C=O) groups is 1. The number of nitrogens with one attached hydrogen (secondary N) is 1. The second-order valence-corrected chi connectivity index (χ2v) is 4.85. The third-order valence-electron chi connectivity index (χ3n) is 3.07. The Bertz CT molecular complexity index is 381. The van der Waals surface area contributed by atoms with Gasteiger partial charge in [0.1, 0.15) is 6.10 Å². The van der Waals surface area contributed by atoms with E-state index in [4.69, 9.17) is 9.47 Å². The van der Waals surface area contributed by atoms with E-state index in [-0.39, 0.29) is 18.1 Å². The minimum atomic E-state index is -0.228. The first-order valence-corrected chi connectivity index (χ1v) is 7.11. The van der Waals surface area contributed by atoms with Crippen molar-refractivity contribution >= 4 is 5.97 Å². The third-order valence-corrected chi connectivity index (χ3v) is 3.07. The molecule has 0 radical (unpaired) electrons. The van der Waals surface area contributed by atoms with Crippen LogP contribution in [0.1, 0.15) is 38.3 Å². The predicted octanol–water partition coefficient (Wildman–Crippen LogP) is 2.70. The number of hydrogen-bond acceptors (Lipinski definition) is 4. The highest BCUT2D eigenvalue weighted by Crippen LogP contribution is 2.13. The molecule has 0 bridgehead atoms. The summed E-state index contributed by atoms with van der Waals surface area (Å²) in [6.45, 7) is 4.76. The molecule has 0 amide bonds. The lowest BCUT2D eigenvalue weighted by molar-refractivity contribution is -0.146. The van der Waals surface area contributed by atoms with Crippen LogP contribution >= 0.6 is 0 Å². The molecule has 1 aromatic carbocycles. The highest BCUT2D eigenvalue weighted by atomic mass is 16.5. The van der Waals surface area contributed by atoms with Crippen molar-refractivity contribution in [1.82, 2.24) is 5.32 Å². The molecule has 0 aliphatic carbocycles. The average molecular weight is 279 g/mol. The summed E-state index contributed by atoms with van der Waals surface area (Å²) in [5.74, 6) is -0.228. The van der Waals surface area contributed by atoms with Gasteiger partial charge in [0.25, 0.3) is 0 Å². The van der Waals surface area contributed by atoms with Gasteiger partial charge in [0.2, 0.25) is 0 Å². The van der Waals surface area contributed by atoms with Crippen LogP contribution in [0, 0.1) is 0 Å². The molecule has 4 nitrogen and oxygen atoms in total. The highest BCUT2D eigenvalue weighted by molar-refractivity contribution is 5.66. The van der Waals surface area contributed by atoms with Crippen LogP contribution < -0.4 is 5.32 Å². The van der Waals surface area contributed by atoms with E-state index in [2.05, 4.69) is 24.4 Å². The van der Waals surface area contributed by atoms with Crippen molar-refractivity contribution in [3.05, 3.63) is 35.9 Å². The molecule has 4 heteroatoms. The molecule has 0 aromatic heterocycles. The number of ether oxygens (including phenoxy) is 2. The smallest absolute Gasteiger partial charge is 0.302 e. The van der Waals surface area contributed by atoms with E-state index in [1.807, 2.05) is 18.2 Å². The summed E-state index contributed by atoms with van der Waals surface area (Å²) in [5.41, 5.74) is 1.17. The zero-order valence-electron chi connectivity index (χ0n) is 12.6. The summed E-state index contributed by atoms with van der Waals surface area (Å²) < 4.78 is 10.6. The van der Waals surface area contributed by atoms with Gasteiger partial charge in [0.05, 0.1) is 12.6 Å². The molecule has 0 saturated carbocycles. The van der Waals surface area contributed by atoms with E-state index in [1.165, 1.54) is 12.5 Å². The SMILES string of the molecule is CCC[C@@H](CN[C@@H](COC)c1ccccc1)OC(C)=O. The average Bonchev–Trinajstić information content (AvgIpc) is 2.44. The van der Waals surface area contributed by atoms with Crippen molar-refractivity contribution in [3.63, 3.8) is 0 Å². The number of methoxy groups -OCH3 is 1. The Morgan fingerprint density at radius 3 is 2.55 bits per heavy atom. The molecule has 1 aromatic rings. The topological polar surface area (TPSA) is 47.6 Å². The molecule has 20 heavy (non-hydrogen) atoms. The Balaban J connectivity index is 2.58. The summed E-state index contributed by atoms with van der Waals surface area (Å²) >= 11 is 0. The van der Waals surface area contributed by atoms with E-state index in [9.17, 15) is 4.79 Å². The standard InChI is InChI=1S/C16H25NO3/c1-4-8-15(20-13(2)18)11-17-16(12-19-3)14-9-6-5-7-10-14/h5-7,9-10,15-17H,4,8,11-12H2,1-3H3/t15-,16-/m0/s1. The fourth-order valence-electron chi connectivity index (χ4n) is 2.16. The fraction of sp³-hybridized carbons (Fsp3) is 0.562. The molecule has 0 heterocycles. The Morgan fingerprint density at radius 1 is 1.30 bits per heavy atom. The zero-order chi connectivity index (χ0) is 14.8. The first-order chi connectivity index (χ1) is 9.67. The quantitative estimate of drug-likeness (QED) is 0.706. The van der Waals surface area contributed by atoms with Gasteiger partial charge < -0.3 is 14.8 Å². The van der Waals surface area contributed by atoms with E-state index in [0.29, 0.717) is 13.2 Å². The lowest BCUT2D eigenvalue weighted by atomic mass is 10.1. The van der Waals surface area contributed by atoms with E-state index < -0.39 is 0 Å². The molecule has 0 aliphatic heterocycles. The van der Waals surface area contributed by atoms with Gasteiger partial charge in [0, 0.05) is 20.6 Å². The number of rotatable bonds is 9. The van der Waals surface area contributed by atoms with Crippen LogP contribution in [-0.4, -0.2) is 32.3 Å². The molecule has 0 fully saturated rings. The summed E-state index contributed by atoms with van der Waals surface area (Å²) in [6.07, 6.45) is 1.77. The maximum absolute atomic E-state index is 11.1. The molecular formula is C16H25NO3. The van der Waals surface area contributed by atoms with Gasteiger partial charge >= 0.3 is 5.97 Å². The van der Waals surface area contributed by atoms with Crippen molar-refractivity contribution in [1.29, 1.82) is 0 Å². The molecular weight excluding hydrogens is 254 g/mol. The van der Waals surface area contributed by atoms with Crippen LogP contribution in [-0.2, 0) is 14.3 Å². The molecule has 2 atom stereocenters. The molecule has 0 unspecified atom stereocenters. The molecule has 0 spiro atoms. The minimum Gasteiger partial charge on any atom is -0.461 e. The fourth-order valence-corrected chi connectivity index (χ4v) is 2.16. The first-order valence-electron chi connectivity index (χ1n) is 7.11. The lowest BCUT2D eigenvalue weighted by Gasteiger charge is -2.22. The van der Waals surface area contributed by atoms with E-state index in [0.717, 1.165) is 12.8 Å². The van der Waals surface area contributed by atoms with Gasteiger partial charge in [-0.25, -0.2) is 0 Å². The van der Waals surface area contributed by atoms with E-state index in [1.54, 1.807) is 7.11 Å². The van der Waals surface area contributed by atoms with Gasteiger partial charge in [0.15, 0.2) is 0 Å². The Hall–Kier alpha value is -1.39. The largest absolute Gasteiger partial charge is 0.461 e. The van der Waals surface area contributed by atoms with Crippen molar-refractivity contribution in [2.24, 2.45) is 0 Å². The lowest BCUT2D eigenvalue weighted by Crippen LogP contribution is -2.34. The molecule has 112 valence electrons. The van der Waals surface area contributed by atoms with Crippen LogP contribution in [0.5, 0.6) is 0 Å². The van der Waals surface area contributed by atoms with E-state index >= 15 is 0 Å². The molecule has 1 N–H and O–H groups in total. The maximum atomic E-state index is 11.1. The van der Waals surface area contributed by atoms with Crippen molar-refractivity contribution < 1.29 is 14.3 Å². The number of esters is 1. The monoisotopic (exact) mass is 279 g/mol. The van der Waals surface area contributed by atoms with Crippen molar-refractivity contribution in [3.8, 4) is 0 Å². The van der Waals surface area contributed by atoms with Gasteiger partial charge in [-0.2, -0.15) is 0 Å². The Kier molecular flexibility index (Phi) is 7.92. The van der Waals surface area contributed by atoms with Crippen LogP contribution in [0.2, 0.25) is 0 Å². The van der Waals surface area contributed by atoms with Crippen LogP contribution in [0.25, 0.3) is 0 Å². The molecule has 1 rings (SSSR count). The maximum Gasteiger partial charge on any atom is 0.302 e. The number of benzene rings is 1. The van der Waals surface area contributed by atoms with Crippen LogP contribution in [0.3, 0.4) is 0 Å². The summed E-state index contributed by atoms with van der Waals surface area (Å²) in [6, 6.07) is 10.3. The highest BCUT2D eigenvalue weighted by Gasteiger charge is 2.15. The Morgan fingerprint density at radius 2 is 2.00 bits per heavy atom. The normalized spacial score (nSPS) is 13.8. The van der Waals surface area contributed by atoms with Gasteiger partial charge in [-0.15, -0.1) is 0 Å². The predicted molar refractivity (Wildman–Crippen MR) is 79.5 cm³/mol. The van der Waals surface area contributed by atoms with Crippen LogP contribution in [0.4, 0.5) is 0 Å². The first kappa shape index (κ1) is 16.7. The molecule has 0 saturated heterocycles. The summed E-state index contributed by atoms with van der Waals surface area (Å²) in [4.78, 5) is 11.1. The third kappa shape index (κ3) is 6.17.